The van der Waals surface area contributed by atoms with E-state index in [1.165, 1.54) is 6.42 Å². The summed E-state index contributed by atoms with van der Waals surface area (Å²) in [5, 5.41) is 0.963. The van der Waals surface area contributed by atoms with Gasteiger partial charge >= 0.3 is 5.69 Å². The van der Waals surface area contributed by atoms with Crippen molar-refractivity contribution < 1.29 is 0 Å². The van der Waals surface area contributed by atoms with E-state index < -0.39 is 0 Å². The van der Waals surface area contributed by atoms with Gasteiger partial charge in [0.15, 0.2) is 0 Å². The third-order valence-corrected chi connectivity index (χ3v) is 3.54. The Bertz CT molecular complexity index is 343. The lowest BCUT2D eigenvalue weighted by atomic mass is 10.1. The van der Waals surface area contributed by atoms with E-state index in [0.29, 0.717) is 5.92 Å². The maximum Gasteiger partial charge on any atom is 0.328 e. The minimum Gasteiger partial charge on any atom is -0.300 e. The molecule has 86 valence electrons. The van der Waals surface area contributed by atoms with Gasteiger partial charge in [0, 0.05) is 30.8 Å². The second kappa shape index (κ2) is 6.16. The van der Waals surface area contributed by atoms with Crippen LogP contribution in [0.2, 0.25) is 0 Å². The molecular formula is C11H19BrN2O. The van der Waals surface area contributed by atoms with Crippen molar-refractivity contribution in [3.05, 3.63) is 22.9 Å². The Morgan fingerprint density at radius 3 is 2.47 bits per heavy atom. The van der Waals surface area contributed by atoms with Crippen molar-refractivity contribution in [3.63, 3.8) is 0 Å². The van der Waals surface area contributed by atoms with Gasteiger partial charge < -0.3 is 0 Å². The number of halogens is 1. The quantitative estimate of drug-likeness (QED) is 0.733. The number of hydrogen-bond acceptors (Lipinski definition) is 1. The molecule has 1 unspecified atom stereocenters. The largest absolute Gasteiger partial charge is 0.328 e. The molecular weight excluding hydrogens is 256 g/mol. The molecule has 1 heterocycles. The number of aromatic nitrogens is 2. The molecule has 0 aromatic carbocycles. The summed E-state index contributed by atoms with van der Waals surface area (Å²) in [5.41, 5.74) is 0.111. The Balaban J connectivity index is 2.70. The molecule has 1 aromatic heterocycles. The van der Waals surface area contributed by atoms with Crippen LogP contribution in [0.15, 0.2) is 17.2 Å². The molecule has 0 radical (unpaired) electrons. The lowest BCUT2D eigenvalue weighted by Crippen LogP contribution is -2.26. The number of rotatable bonds is 6. The molecule has 0 spiro atoms. The summed E-state index contributed by atoms with van der Waals surface area (Å²) in [6.07, 6.45) is 6.07. The fourth-order valence-electron chi connectivity index (χ4n) is 1.74. The number of imidazole rings is 1. The van der Waals surface area contributed by atoms with E-state index in [1.807, 2.05) is 23.9 Å². The maximum atomic E-state index is 11.8. The molecule has 0 saturated heterocycles. The Morgan fingerprint density at radius 1 is 1.33 bits per heavy atom. The number of hydrogen-bond donors (Lipinski definition) is 0. The smallest absolute Gasteiger partial charge is 0.300 e. The number of aryl methyl sites for hydroxylation is 1. The highest BCUT2D eigenvalue weighted by atomic mass is 79.9. The van der Waals surface area contributed by atoms with Crippen LogP contribution < -0.4 is 5.69 Å². The third kappa shape index (κ3) is 3.23. The maximum absolute atomic E-state index is 11.8. The molecule has 15 heavy (non-hydrogen) atoms. The number of nitrogens with zero attached hydrogens (tertiary/aromatic N) is 2. The van der Waals surface area contributed by atoms with Crippen molar-refractivity contribution in [1.82, 2.24) is 9.13 Å². The predicted molar refractivity (Wildman–Crippen MR) is 66.6 cm³/mol. The molecule has 1 atom stereocenters. The predicted octanol–water partition coefficient (Wildman–Crippen LogP) is 2.48. The van der Waals surface area contributed by atoms with Crippen molar-refractivity contribution in [2.45, 2.75) is 39.8 Å². The molecule has 1 aromatic rings. The van der Waals surface area contributed by atoms with Gasteiger partial charge in [0.25, 0.3) is 0 Å². The zero-order valence-electron chi connectivity index (χ0n) is 9.45. The monoisotopic (exact) mass is 274 g/mol. The second-order valence-corrected chi connectivity index (χ2v) is 4.48. The summed E-state index contributed by atoms with van der Waals surface area (Å²) in [6, 6.07) is 0. The van der Waals surface area contributed by atoms with Gasteiger partial charge in [-0.2, -0.15) is 0 Å². The van der Waals surface area contributed by atoms with Crippen LogP contribution in [0.1, 0.15) is 26.7 Å². The van der Waals surface area contributed by atoms with E-state index in [9.17, 15) is 4.79 Å². The van der Waals surface area contributed by atoms with Gasteiger partial charge in [0.1, 0.15) is 0 Å². The molecule has 0 bridgehead atoms. The first kappa shape index (κ1) is 12.6. The van der Waals surface area contributed by atoms with Crippen molar-refractivity contribution >= 4 is 15.9 Å². The SMILES string of the molecule is CCCC(CBr)Cn1ccn(CC)c1=O. The Morgan fingerprint density at radius 2 is 2.00 bits per heavy atom. The first-order valence-electron chi connectivity index (χ1n) is 5.54. The zero-order valence-corrected chi connectivity index (χ0v) is 11.0. The van der Waals surface area contributed by atoms with E-state index in [2.05, 4.69) is 22.9 Å². The van der Waals surface area contributed by atoms with Crippen molar-refractivity contribution in [2.24, 2.45) is 5.92 Å². The first-order valence-corrected chi connectivity index (χ1v) is 6.66. The average Bonchev–Trinajstić information content (AvgIpc) is 2.59. The van der Waals surface area contributed by atoms with Gasteiger partial charge in [-0.1, -0.05) is 29.3 Å². The average molecular weight is 275 g/mol. The lowest BCUT2D eigenvalue weighted by molar-refractivity contribution is 0.443. The highest BCUT2D eigenvalue weighted by molar-refractivity contribution is 9.09. The van der Waals surface area contributed by atoms with Gasteiger partial charge in [-0.3, -0.25) is 9.13 Å². The summed E-state index contributed by atoms with van der Waals surface area (Å²) in [5.74, 6) is 0.556. The molecule has 0 fully saturated rings. The van der Waals surface area contributed by atoms with E-state index in [0.717, 1.165) is 24.8 Å². The fraction of sp³-hybridized carbons (Fsp3) is 0.727. The van der Waals surface area contributed by atoms with Gasteiger partial charge in [0.05, 0.1) is 0 Å². The first-order chi connectivity index (χ1) is 7.22. The topological polar surface area (TPSA) is 26.9 Å². The van der Waals surface area contributed by atoms with Crippen LogP contribution >= 0.6 is 15.9 Å². The highest BCUT2D eigenvalue weighted by Crippen LogP contribution is 2.11. The molecule has 4 heteroatoms. The van der Waals surface area contributed by atoms with E-state index in [4.69, 9.17) is 0 Å². The van der Waals surface area contributed by atoms with Crippen LogP contribution in [0.5, 0.6) is 0 Å². The Labute approximate surface area is 99.2 Å². The van der Waals surface area contributed by atoms with Crippen LogP contribution in [0, 0.1) is 5.92 Å². The zero-order chi connectivity index (χ0) is 11.3. The minimum absolute atomic E-state index is 0.111. The van der Waals surface area contributed by atoms with E-state index in [1.54, 1.807) is 4.57 Å². The highest BCUT2D eigenvalue weighted by Gasteiger charge is 2.09. The molecule has 0 saturated carbocycles. The van der Waals surface area contributed by atoms with Crippen LogP contribution in [0.3, 0.4) is 0 Å². The van der Waals surface area contributed by atoms with Crippen molar-refractivity contribution in [1.29, 1.82) is 0 Å². The van der Waals surface area contributed by atoms with Crippen molar-refractivity contribution in [2.75, 3.05) is 5.33 Å². The second-order valence-electron chi connectivity index (χ2n) is 3.83. The third-order valence-electron chi connectivity index (χ3n) is 2.63. The molecule has 0 N–H and O–H groups in total. The minimum atomic E-state index is 0.111. The summed E-state index contributed by atoms with van der Waals surface area (Å²) >= 11 is 3.50. The van der Waals surface area contributed by atoms with Crippen LogP contribution in [0.4, 0.5) is 0 Å². The van der Waals surface area contributed by atoms with Gasteiger partial charge in [-0.25, -0.2) is 4.79 Å². The Hall–Kier alpha value is -0.510. The van der Waals surface area contributed by atoms with Crippen LogP contribution in [-0.2, 0) is 13.1 Å². The molecule has 3 nitrogen and oxygen atoms in total. The van der Waals surface area contributed by atoms with Gasteiger partial charge in [0.2, 0.25) is 0 Å². The fourth-order valence-corrected chi connectivity index (χ4v) is 2.27. The molecule has 0 aliphatic carbocycles. The lowest BCUT2D eigenvalue weighted by Gasteiger charge is -2.12. The van der Waals surface area contributed by atoms with Gasteiger partial charge in [-0.05, 0) is 19.3 Å². The standard InChI is InChI=1S/C11H19BrN2O/c1-3-5-10(8-12)9-14-7-6-13(4-2)11(14)15/h6-7,10H,3-5,8-9H2,1-2H3. The summed E-state index contributed by atoms with van der Waals surface area (Å²) in [6.45, 7) is 5.74. The normalized spacial score (nSPS) is 13.0. The summed E-state index contributed by atoms with van der Waals surface area (Å²) < 4.78 is 3.54. The molecule has 1 rings (SSSR count). The number of alkyl halides is 1. The summed E-state index contributed by atoms with van der Waals surface area (Å²) in [4.78, 5) is 11.8. The summed E-state index contributed by atoms with van der Waals surface area (Å²) in [7, 11) is 0. The molecule has 0 aliphatic rings. The van der Waals surface area contributed by atoms with Crippen LogP contribution in [-0.4, -0.2) is 14.5 Å². The van der Waals surface area contributed by atoms with Gasteiger partial charge in [-0.15, -0.1) is 0 Å². The molecule has 0 aliphatic heterocycles. The van der Waals surface area contributed by atoms with Crippen LogP contribution in [0.25, 0.3) is 0 Å². The molecule has 0 amide bonds. The van der Waals surface area contributed by atoms with Crippen molar-refractivity contribution in [3.8, 4) is 0 Å². The van der Waals surface area contributed by atoms with E-state index >= 15 is 0 Å². The van der Waals surface area contributed by atoms with E-state index in [-0.39, 0.29) is 5.69 Å². The Kier molecular flexibility index (Phi) is 5.15.